The van der Waals surface area contributed by atoms with Crippen LogP contribution in [0.2, 0.25) is 0 Å². The molecule has 0 fully saturated rings. The van der Waals surface area contributed by atoms with E-state index in [1.54, 1.807) is 18.9 Å². The summed E-state index contributed by atoms with van der Waals surface area (Å²) in [6.07, 6.45) is 0. The van der Waals surface area contributed by atoms with Gasteiger partial charge in [-0.15, -0.1) is 11.8 Å². The summed E-state index contributed by atoms with van der Waals surface area (Å²) in [6, 6.07) is 16.3. The average molecular weight is 338 g/mol. The zero-order chi connectivity index (χ0) is 13.7. The van der Waals surface area contributed by atoms with Gasteiger partial charge in [-0.3, -0.25) is 0 Å². The highest BCUT2D eigenvalue weighted by molar-refractivity contribution is 9.10. The van der Waals surface area contributed by atoms with E-state index < -0.39 is 0 Å². The van der Waals surface area contributed by atoms with Gasteiger partial charge in [0.15, 0.2) is 0 Å². The summed E-state index contributed by atoms with van der Waals surface area (Å²) in [5.41, 5.74) is 7.13. The minimum atomic E-state index is 0.240. The number of benzene rings is 2. The molecule has 0 aliphatic carbocycles. The lowest BCUT2D eigenvalue weighted by Gasteiger charge is -2.15. The standard InChI is InChI=1S/C15H16BrNOS/c1-18-13-6-3-7-14(9-13)19-15(10-17)11-4-2-5-12(16)8-11/h2-9,15H,10,17H2,1H3. The number of methoxy groups -OCH3 is 1. The molecule has 0 saturated heterocycles. The molecule has 2 rings (SSSR count). The van der Waals surface area contributed by atoms with Crippen LogP contribution in [0.15, 0.2) is 57.9 Å². The van der Waals surface area contributed by atoms with Crippen LogP contribution in [-0.2, 0) is 0 Å². The summed E-state index contributed by atoms with van der Waals surface area (Å²) in [6.45, 7) is 0.596. The van der Waals surface area contributed by atoms with Crippen molar-refractivity contribution in [2.45, 2.75) is 10.1 Å². The zero-order valence-electron chi connectivity index (χ0n) is 10.7. The van der Waals surface area contributed by atoms with Crippen molar-refractivity contribution >= 4 is 27.7 Å². The van der Waals surface area contributed by atoms with E-state index >= 15 is 0 Å². The number of rotatable bonds is 5. The molecule has 0 bridgehead atoms. The number of halogens is 1. The van der Waals surface area contributed by atoms with Crippen LogP contribution >= 0.6 is 27.7 Å². The molecule has 100 valence electrons. The molecule has 2 aromatic rings. The van der Waals surface area contributed by atoms with E-state index in [1.165, 1.54) is 5.56 Å². The van der Waals surface area contributed by atoms with Gasteiger partial charge in [-0.25, -0.2) is 0 Å². The molecule has 1 atom stereocenters. The van der Waals surface area contributed by atoms with Gasteiger partial charge in [-0.1, -0.05) is 34.1 Å². The highest BCUT2D eigenvalue weighted by Crippen LogP contribution is 2.36. The molecule has 0 aromatic heterocycles. The molecule has 1 unspecified atom stereocenters. The molecule has 0 radical (unpaired) electrons. The second-order valence-corrected chi connectivity index (χ2v) is 6.27. The molecule has 2 N–H and O–H groups in total. The van der Waals surface area contributed by atoms with Gasteiger partial charge in [0.25, 0.3) is 0 Å². The van der Waals surface area contributed by atoms with Gasteiger partial charge in [0.2, 0.25) is 0 Å². The third kappa shape index (κ3) is 4.00. The van der Waals surface area contributed by atoms with Crippen LogP contribution in [0.3, 0.4) is 0 Å². The number of hydrogen-bond donors (Lipinski definition) is 1. The lowest BCUT2D eigenvalue weighted by atomic mass is 10.1. The van der Waals surface area contributed by atoms with E-state index in [-0.39, 0.29) is 5.25 Å². The molecule has 4 heteroatoms. The average Bonchev–Trinajstić information content (AvgIpc) is 2.45. The van der Waals surface area contributed by atoms with E-state index in [9.17, 15) is 0 Å². The molecule has 0 spiro atoms. The van der Waals surface area contributed by atoms with Crippen molar-refractivity contribution in [1.82, 2.24) is 0 Å². The first kappa shape index (κ1) is 14.4. The summed E-state index contributed by atoms with van der Waals surface area (Å²) in [5, 5.41) is 0.240. The summed E-state index contributed by atoms with van der Waals surface area (Å²) >= 11 is 5.25. The van der Waals surface area contributed by atoms with Crippen LogP contribution in [0.4, 0.5) is 0 Å². The molecule has 0 aliphatic heterocycles. The second-order valence-electron chi connectivity index (χ2n) is 4.08. The summed E-state index contributed by atoms with van der Waals surface area (Å²) in [4.78, 5) is 1.16. The normalized spacial score (nSPS) is 12.2. The van der Waals surface area contributed by atoms with E-state index in [4.69, 9.17) is 10.5 Å². The molecule has 0 heterocycles. The van der Waals surface area contributed by atoms with Gasteiger partial charge in [0.1, 0.15) is 5.75 Å². The topological polar surface area (TPSA) is 35.2 Å². The Kier molecular flexibility index (Phi) is 5.31. The second kappa shape index (κ2) is 6.98. The van der Waals surface area contributed by atoms with Crippen molar-refractivity contribution in [2.75, 3.05) is 13.7 Å². The summed E-state index contributed by atoms with van der Waals surface area (Å²) in [7, 11) is 1.68. The van der Waals surface area contributed by atoms with Crippen molar-refractivity contribution in [1.29, 1.82) is 0 Å². The predicted octanol–water partition coefficient (Wildman–Crippen LogP) is 4.25. The fourth-order valence-electron chi connectivity index (χ4n) is 1.80. The molecule has 2 aromatic carbocycles. The third-order valence-corrected chi connectivity index (χ3v) is 4.52. The van der Waals surface area contributed by atoms with E-state index in [1.807, 2.05) is 30.3 Å². The lowest BCUT2D eigenvalue weighted by molar-refractivity contribution is 0.413. The van der Waals surface area contributed by atoms with Crippen molar-refractivity contribution in [3.63, 3.8) is 0 Å². The minimum Gasteiger partial charge on any atom is -0.497 e. The molecular weight excluding hydrogens is 322 g/mol. The van der Waals surface area contributed by atoms with Crippen LogP contribution in [0.1, 0.15) is 10.8 Å². The SMILES string of the molecule is COc1cccc(SC(CN)c2cccc(Br)c2)c1. The maximum absolute atomic E-state index is 5.91. The van der Waals surface area contributed by atoms with Crippen LogP contribution in [0.5, 0.6) is 5.75 Å². The minimum absolute atomic E-state index is 0.240. The number of ether oxygens (including phenoxy) is 1. The van der Waals surface area contributed by atoms with Crippen LogP contribution in [0, 0.1) is 0 Å². The fraction of sp³-hybridized carbons (Fsp3) is 0.200. The number of hydrogen-bond acceptors (Lipinski definition) is 3. The van der Waals surface area contributed by atoms with Gasteiger partial charge < -0.3 is 10.5 Å². The molecule has 19 heavy (non-hydrogen) atoms. The molecule has 2 nitrogen and oxygen atoms in total. The predicted molar refractivity (Wildman–Crippen MR) is 84.8 cm³/mol. The van der Waals surface area contributed by atoms with Crippen molar-refractivity contribution < 1.29 is 4.74 Å². The first-order chi connectivity index (χ1) is 9.22. The third-order valence-electron chi connectivity index (χ3n) is 2.75. The zero-order valence-corrected chi connectivity index (χ0v) is 13.1. The van der Waals surface area contributed by atoms with E-state index in [0.717, 1.165) is 15.1 Å². The Morgan fingerprint density at radius 2 is 2.00 bits per heavy atom. The summed E-state index contributed by atoms with van der Waals surface area (Å²) in [5.74, 6) is 0.870. The van der Waals surface area contributed by atoms with Crippen LogP contribution in [-0.4, -0.2) is 13.7 Å². The quantitative estimate of drug-likeness (QED) is 0.828. The van der Waals surface area contributed by atoms with Gasteiger partial charge in [0, 0.05) is 21.2 Å². The van der Waals surface area contributed by atoms with Gasteiger partial charge in [-0.2, -0.15) is 0 Å². The number of thioether (sulfide) groups is 1. The van der Waals surface area contributed by atoms with Crippen molar-refractivity contribution in [3.05, 3.63) is 58.6 Å². The Balaban J connectivity index is 2.18. The largest absolute Gasteiger partial charge is 0.497 e. The first-order valence-corrected chi connectivity index (χ1v) is 7.66. The maximum atomic E-state index is 5.91. The lowest BCUT2D eigenvalue weighted by Crippen LogP contribution is -2.09. The van der Waals surface area contributed by atoms with Crippen LogP contribution in [0.25, 0.3) is 0 Å². The van der Waals surface area contributed by atoms with Crippen LogP contribution < -0.4 is 10.5 Å². The highest BCUT2D eigenvalue weighted by Gasteiger charge is 2.12. The summed E-state index contributed by atoms with van der Waals surface area (Å²) < 4.78 is 6.32. The van der Waals surface area contributed by atoms with Gasteiger partial charge in [0.05, 0.1) is 7.11 Å². The highest BCUT2D eigenvalue weighted by atomic mass is 79.9. The van der Waals surface area contributed by atoms with Crippen molar-refractivity contribution in [3.8, 4) is 5.75 Å². The smallest absolute Gasteiger partial charge is 0.119 e. The molecular formula is C15H16BrNOS. The molecule has 0 aliphatic rings. The Labute approximate surface area is 126 Å². The monoisotopic (exact) mass is 337 g/mol. The van der Waals surface area contributed by atoms with E-state index in [0.29, 0.717) is 6.54 Å². The molecule has 0 saturated carbocycles. The molecule has 0 amide bonds. The van der Waals surface area contributed by atoms with E-state index in [2.05, 4.69) is 34.1 Å². The first-order valence-electron chi connectivity index (χ1n) is 5.99. The Morgan fingerprint density at radius 3 is 2.68 bits per heavy atom. The maximum Gasteiger partial charge on any atom is 0.119 e. The Bertz CT molecular complexity index is 547. The number of nitrogens with two attached hydrogens (primary N) is 1. The fourth-order valence-corrected chi connectivity index (χ4v) is 3.26. The Hall–Kier alpha value is -0.970. The van der Waals surface area contributed by atoms with Gasteiger partial charge >= 0.3 is 0 Å². The Morgan fingerprint density at radius 1 is 1.21 bits per heavy atom. The van der Waals surface area contributed by atoms with Gasteiger partial charge in [-0.05, 0) is 35.9 Å². The van der Waals surface area contributed by atoms with Crippen molar-refractivity contribution in [2.24, 2.45) is 5.73 Å².